The summed E-state index contributed by atoms with van der Waals surface area (Å²) in [6, 6.07) is 0. The van der Waals surface area contributed by atoms with Crippen molar-refractivity contribution in [2.24, 2.45) is 5.73 Å². The predicted molar refractivity (Wildman–Crippen MR) is 45.7 cm³/mol. The van der Waals surface area contributed by atoms with E-state index < -0.39 is 0 Å². The minimum absolute atomic E-state index is 0.183. The average molecular weight is 142 g/mol. The van der Waals surface area contributed by atoms with Gasteiger partial charge in [0.1, 0.15) is 0 Å². The van der Waals surface area contributed by atoms with E-state index in [-0.39, 0.29) is 5.54 Å². The van der Waals surface area contributed by atoms with Gasteiger partial charge in [0.15, 0.2) is 0 Å². The summed E-state index contributed by atoms with van der Waals surface area (Å²) in [6.45, 7) is 10.9. The molecule has 0 saturated heterocycles. The Balaban J connectivity index is 3.85. The molecule has 0 aromatic heterocycles. The van der Waals surface area contributed by atoms with Gasteiger partial charge in [-0.3, -0.25) is 4.90 Å². The van der Waals surface area contributed by atoms with E-state index in [1.165, 1.54) is 0 Å². The van der Waals surface area contributed by atoms with Gasteiger partial charge in [-0.1, -0.05) is 6.58 Å². The third-order valence-corrected chi connectivity index (χ3v) is 1.59. The highest BCUT2D eigenvalue weighted by Gasteiger charge is 2.15. The zero-order valence-corrected chi connectivity index (χ0v) is 7.44. The quantitative estimate of drug-likeness (QED) is 0.627. The maximum Gasteiger partial charge on any atom is 0.0375 e. The number of nitrogens with two attached hydrogens (primary N) is 1. The second-order valence-electron chi connectivity index (χ2n) is 3.69. The summed E-state index contributed by atoms with van der Waals surface area (Å²) >= 11 is 0. The SMILES string of the molecule is C=C(N)CN(C)C(C)(C)C. The molecule has 0 radical (unpaired) electrons. The van der Waals surface area contributed by atoms with Crippen LogP contribution in [0.4, 0.5) is 0 Å². The summed E-state index contributed by atoms with van der Waals surface area (Å²) in [5, 5.41) is 0. The molecule has 0 heterocycles. The number of likely N-dealkylation sites (N-methyl/N-ethyl adjacent to an activating group) is 1. The van der Waals surface area contributed by atoms with E-state index in [2.05, 4.69) is 32.3 Å². The molecular weight excluding hydrogens is 124 g/mol. The summed E-state index contributed by atoms with van der Waals surface area (Å²) in [5.74, 6) is 0. The van der Waals surface area contributed by atoms with Crippen molar-refractivity contribution in [3.8, 4) is 0 Å². The van der Waals surface area contributed by atoms with Crippen molar-refractivity contribution < 1.29 is 0 Å². The summed E-state index contributed by atoms with van der Waals surface area (Å²) in [4.78, 5) is 2.16. The Morgan fingerprint density at radius 1 is 1.50 bits per heavy atom. The van der Waals surface area contributed by atoms with E-state index in [1.807, 2.05) is 7.05 Å². The van der Waals surface area contributed by atoms with Crippen LogP contribution in [0.1, 0.15) is 20.8 Å². The lowest BCUT2D eigenvalue weighted by atomic mass is 10.1. The summed E-state index contributed by atoms with van der Waals surface area (Å²) in [5.41, 5.74) is 6.36. The Kier molecular flexibility index (Phi) is 2.91. The van der Waals surface area contributed by atoms with E-state index in [9.17, 15) is 0 Å². The fourth-order valence-electron chi connectivity index (χ4n) is 0.542. The van der Waals surface area contributed by atoms with E-state index in [0.29, 0.717) is 0 Å². The van der Waals surface area contributed by atoms with Crippen molar-refractivity contribution in [2.75, 3.05) is 13.6 Å². The van der Waals surface area contributed by atoms with Crippen LogP contribution in [0.15, 0.2) is 12.3 Å². The zero-order chi connectivity index (χ0) is 8.36. The maximum atomic E-state index is 5.45. The normalized spacial score (nSPS) is 12.1. The molecular formula is C8H18N2. The number of hydrogen-bond donors (Lipinski definition) is 1. The molecule has 0 amide bonds. The monoisotopic (exact) mass is 142 g/mol. The van der Waals surface area contributed by atoms with Crippen molar-refractivity contribution in [2.45, 2.75) is 26.3 Å². The van der Waals surface area contributed by atoms with Crippen LogP contribution in [-0.2, 0) is 0 Å². The van der Waals surface area contributed by atoms with Crippen LogP contribution in [0.25, 0.3) is 0 Å². The molecule has 0 atom stereocenters. The third-order valence-electron chi connectivity index (χ3n) is 1.59. The molecule has 0 aliphatic rings. The predicted octanol–water partition coefficient (Wildman–Crippen LogP) is 1.19. The molecule has 60 valence electrons. The smallest absolute Gasteiger partial charge is 0.0375 e. The topological polar surface area (TPSA) is 29.3 Å². The highest BCUT2D eigenvalue weighted by molar-refractivity contribution is 4.92. The van der Waals surface area contributed by atoms with Crippen LogP contribution in [-0.4, -0.2) is 24.0 Å². The van der Waals surface area contributed by atoms with Crippen LogP contribution in [0, 0.1) is 0 Å². The Morgan fingerprint density at radius 3 is 2.00 bits per heavy atom. The van der Waals surface area contributed by atoms with Gasteiger partial charge in [-0.2, -0.15) is 0 Å². The van der Waals surface area contributed by atoms with Crippen LogP contribution in [0.2, 0.25) is 0 Å². The summed E-state index contributed by atoms with van der Waals surface area (Å²) in [7, 11) is 2.04. The minimum Gasteiger partial charge on any atom is -0.401 e. The molecule has 0 aromatic rings. The molecule has 0 aliphatic carbocycles. The maximum absolute atomic E-state index is 5.45. The van der Waals surface area contributed by atoms with Crippen LogP contribution in [0.5, 0.6) is 0 Å². The lowest BCUT2D eigenvalue weighted by molar-refractivity contribution is 0.191. The fraction of sp³-hybridized carbons (Fsp3) is 0.750. The van der Waals surface area contributed by atoms with Gasteiger partial charge in [0, 0.05) is 17.8 Å². The van der Waals surface area contributed by atoms with Gasteiger partial charge in [0.25, 0.3) is 0 Å². The van der Waals surface area contributed by atoms with Crippen molar-refractivity contribution in [1.29, 1.82) is 0 Å². The van der Waals surface area contributed by atoms with Crippen LogP contribution >= 0.6 is 0 Å². The molecule has 0 aromatic carbocycles. The fourth-order valence-corrected chi connectivity index (χ4v) is 0.542. The first kappa shape index (κ1) is 9.50. The van der Waals surface area contributed by atoms with Crippen molar-refractivity contribution in [1.82, 2.24) is 4.90 Å². The Hall–Kier alpha value is -0.500. The number of nitrogens with zero attached hydrogens (tertiary/aromatic N) is 1. The molecule has 0 saturated carbocycles. The van der Waals surface area contributed by atoms with Crippen LogP contribution in [0.3, 0.4) is 0 Å². The van der Waals surface area contributed by atoms with Crippen molar-refractivity contribution >= 4 is 0 Å². The zero-order valence-electron chi connectivity index (χ0n) is 7.44. The summed E-state index contributed by atoms with van der Waals surface area (Å²) < 4.78 is 0. The van der Waals surface area contributed by atoms with E-state index in [1.54, 1.807) is 0 Å². The highest BCUT2D eigenvalue weighted by atomic mass is 15.2. The third kappa shape index (κ3) is 3.51. The van der Waals surface area contributed by atoms with E-state index in [4.69, 9.17) is 5.73 Å². The van der Waals surface area contributed by atoms with Gasteiger partial charge < -0.3 is 5.73 Å². The summed E-state index contributed by atoms with van der Waals surface area (Å²) in [6.07, 6.45) is 0. The first-order valence-corrected chi connectivity index (χ1v) is 3.48. The van der Waals surface area contributed by atoms with Gasteiger partial charge in [-0.25, -0.2) is 0 Å². The van der Waals surface area contributed by atoms with Crippen LogP contribution < -0.4 is 5.73 Å². The molecule has 0 bridgehead atoms. The van der Waals surface area contributed by atoms with E-state index in [0.717, 1.165) is 12.2 Å². The van der Waals surface area contributed by atoms with Gasteiger partial charge in [0.05, 0.1) is 0 Å². The largest absolute Gasteiger partial charge is 0.401 e. The van der Waals surface area contributed by atoms with E-state index >= 15 is 0 Å². The van der Waals surface area contributed by atoms with Gasteiger partial charge in [-0.05, 0) is 27.8 Å². The molecule has 0 fully saturated rings. The Labute approximate surface area is 63.7 Å². The number of rotatable bonds is 2. The van der Waals surface area contributed by atoms with Crippen molar-refractivity contribution in [3.05, 3.63) is 12.3 Å². The standard InChI is InChI=1S/C8H18N2/c1-7(9)6-10(5)8(2,3)4/h1,6,9H2,2-5H3. The van der Waals surface area contributed by atoms with Gasteiger partial charge in [-0.15, -0.1) is 0 Å². The molecule has 2 heteroatoms. The molecule has 0 rings (SSSR count). The lowest BCUT2D eigenvalue weighted by Gasteiger charge is -2.31. The lowest BCUT2D eigenvalue weighted by Crippen LogP contribution is -2.40. The molecule has 2 N–H and O–H groups in total. The van der Waals surface area contributed by atoms with Crippen molar-refractivity contribution in [3.63, 3.8) is 0 Å². The molecule has 10 heavy (non-hydrogen) atoms. The van der Waals surface area contributed by atoms with Gasteiger partial charge in [0.2, 0.25) is 0 Å². The highest BCUT2D eigenvalue weighted by Crippen LogP contribution is 2.09. The molecule has 0 spiro atoms. The first-order chi connectivity index (χ1) is 4.34. The molecule has 2 nitrogen and oxygen atoms in total. The van der Waals surface area contributed by atoms with Gasteiger partial charge >= 0.3 is 0 Å². The molecule has 0 unspecified atom stereocenters. The Morgan fingerprint density at radius 2 is 1.90 bits per heavy atom. The average Bonchev–Trinajstić information content (AvgIpc) is 1.60. The first-order valence-electron chi connectivity index (χ1n) is 3.48. The number of hydrogen-bond acceptors (Lipinski definition) is 2. The second kappa shape index (κ2) is 3.06. The Bertz CT molecular complexity index is 122. The second-order valence-corrected chi connectivity index (χ2v) is 3.69. The molecule has 0 aliphatic heterocycles. The minimum atomic E-state index is 0.183.